The predicted molar refractivity (Wildman–Crippen MR) is 79.0 cm³/mol. The summed E-state index contributed by atoms with van der Waals surface area (Å²) in [6, 6.07) is 4.54. The van der Waals surface area contributed by atoms with Crippen LogP contribution < -0.4 is 5.32 Å². The number of amides is 1. The van der Waals surface area contributed by atoms with E-state index in [1.807, 2.05) is 0 Å². The van der Waals surface area contributed by atoms with Gasteiger partial charge in [-0.05, 0) is 31.0 Å². The molecule has 110 valence electrons. The van der Waals surface area contributed by atoms with Crippen molar-refractivity contribution < 1.29 is 14.3 Å². The summed E-state index contributed by atoms with van der Waals surface area (Å²) in [5.74, 6) is -0.647. The smallest absolute Gasteiger partial charge is 0.225 e. The zero-order valence-corrected chi connectivity index (χ0v) is 12.7. The molecule has 0 aliphatic carbocycles. The maximum Gasteiger partial charge on any atom is 0.225 e. The number of carbonyl (C=O) groups is 1. The Morgan fingerprint density at radius 3 is 2.80 bits per heavy atom. The molecule has 1 aromatic carbocycles. The first-order chi connectivity index (χ1) is 9.54. The molecule has 0 radical (unpaired) electrons. The summed E-state index contributed by atoms with van der Waals surface area (Å²) in [6.07, 6.45) is 1.62. The minimum atomic E-state index is -0.450. The maximum atomic E-state index is 13.6. The fraction of sp³-hybridized carbons (Fsp3) is 0.500. The van der Waals surface area contributed by atoms with Crippen LogP contribution in [0.4, 0.5) is 10.1 Å². The van der Waals surface area contributed by atoms with Gasteiger partial charge in [0.1, 0.15) is 5.82 Å². The van der Waals surface area contributed by atoms with Crippen molar-refractivity contribution in [3.05, 3.63) is 28.5 Å². The minimum Gasteiger partial charge on any atom is -0.393 e. The molecule has 4 nitrogen and oxygen atoms in total. The summed E-state index contributed by atoms with van der Waals surface area (Å²) in [6.45, 7) is 2.25. The van der Waals surface area contributed by atoms with E-state index in [2.05, 4.69) is 26.1 Å². The molecule has 0 unspecified atom stereocenters. The molecule has 0 spiro atoms. The molecule has 0 saturated carbocycles. The monoisotopic (exact) mass is 344 g/mol. The summed E-state index contributed by atoms with van der Waals surface area (Å²) in [7, 11) is 0. The molecule has 1 aliphatic rings. The number of hydrogen-bond donors (Lipinski definition) is 2. The van der Waals surface area contributed by atoms with Crippen molar-refractivity contribution in [2.24, 2.45) is 0 Å². The number of nitrogens with one attached hydrogen (secondary N) is 1. The van der Waals surface area contributed by atoms with Crippen molar-refractivity contribution in [1.82, 2.24) is 4.90 Å². The van der Waals surface area contributed by atoms with Crippen LogP contribution in [0.2, 0.25) is 0 Å². The highest BCUT2D eigenvalue weighted by atomic mass is 79.9. The van der Waals surface area contributed by atoms with Gasteiger partial charge in [-0.2, -0.15) is 0 Å². The number of halogens is 2. The Bertz CT molecular complexity index is 476. The number of aliphatic hydroxyl groups is 1. The largest absolute Gasteiger partial charge is 0.393 e. The summed E-state index contributed by atoms with van der Waals surface area (Å²) in [4.78, 5) is 13.9. The fourth-order valence-corrected chi connectivity index (χ4v) is 2.54. The van der Waals surface area contributed by atoms with E-state index >= 15 is 0 Å². The molecule has 0 atom stereocenters. The quantitative estimate of drug-likeness (QED) is 0.881. The molecular formula is C14H18BrFN2O2. The van der Waals surface area contributed by atoms with Gasteiger partial charge < -0.3 is 15.3 Å². The van der Waals surface area contributed by atoms with Gasteiger partial charge in [-0.3, -0.25) is 4.79 Å². The molecular weight excluding hydrogens is 327 g/mol. The number of anilines is 1. The molecule has 1 aliphatic heterocycles. The third-order valence-corrected chi connectivity index (χ3v) is 3.91. The summed E-state index contributed by atoms with van der Waals surface area (Å²) in [5, 5.41) is 12.0. The molecule has 0 bridgehead atoms. The molecule has 20 heavy (non-hydrogen) atoms. The van der Waals surface area contributed by atoms with Gasteiger partial charge in [0, 0.05) is 30.5 Å². The number of piperidine rings is 1. The Balaban J connectivity index is 1.78. The number of rotatable bonds is 4. The van der Waals surface area contributed by atoms with Crippen LogP contribution in [0.1, 0.15) is 19.3 Å². The Morgan fingerprint density at radius 1 is 1.45 bits per heavy atom. The van der Waals surface area contributed by atoms with E-state index in [9.17, 15) is 14.3 Å². The lowest BCUT2D eigenvalue weighted by atomic mass is 10.1. The lowest BCUT2D eigenvalue weighted by molar-refractivity contribution is -0.116. The van der Waals surface area contributed by atoms with Crippen LogP contribution in [0.5, 0.6) is 0 Å². The molecule has 0 aromatic heterocycles. The Morgan fingerprint density at radius 2 is 2.15 bits per heavy atom. The lowest BCUT2D eigenvalue weighted by Crippen LogP contribution is -2.37. The standard InChI is InChI=1S/C14H18BrFN2O2/c15-10-1-2-13(12(16)9-10)17-14(20)5-8-18-6-3-11(19)4-7-18/h1-2,9,11,19H,3-8H2,(H,17,20). The van der Waals surface area contributed by atoms with Gasteiger partial charge >= 0.3 is 0 Å². The number of hydrogen-bond acceptors (Lipinski definition) is 3. The first-order valence-corrected chi connectivity index (χ1v) is 7.49. The summed E-state index contributed by atoms with van der Waals surface area (Å²) >= 11 is 3.17. The third-order valence-electron chi connectivity index (χ3n) is 3.42. The second kappa shape index (κ2) is 7.15. The SMILES string of the molecule is O=C(CCN1CCC(O)CC1)Nc1ccc(Br)cc1F. The van der Waals surface area contributed by atoms with Crippen molar-refractivity contribution in [3.8, 4) is 0 Å². The van der Waals surface area contributed by atoms with E-state index in [1.165, 1.54) is 12.1 Å². The van der Waals surface area contributed by atoms with Crippen LogP contribution in [0, 0.1) is 5.82 Å². The summed E-state index contributed by atoms with van der Waals surface area (Å²) < 4.78 is 14.2. The van der Waals surface area contributed by atoms with E-state index in [1.54, 1.807) is 6.07 Å². The fourth-order valence-electron chi connectivity index (χ4n) is 2.21. The van der Waals surface area contributed by atoms with Crippen LogP contribution >= 0.6 is 15.9 Å². The molecule has 1 saturated heterocycles. The van der Waals surface area contributed by atoms with Crippen LogP contribution in [0.15, 0.2) is 22.7 Å². The number of benzene rings is 1. The normalized spacial score (nSPS) is 17.1. The predicted octanol–water partition coefficient (Wildman–Crippen LogP) is 2.37. The number of likely N-dealkylation sites (tertiary alicyclic amines) is 1. The second-order valence-corrected chi connectivity index (χ2v) is 5.91. The highest BCUT2D eigenvalue weighted by Crippen LogP contribution is 2.19. The van der Waals surface area contributed by atoms with Gasteiger partial charge in [-0.1, -0.05) is 15.9 Å². The van der Waals surface area contributed by atoms with E-state index in [4.69, 9.17) is 0 Å². The molecule has 2 N–H and O–H groups in total. The van der Waals surface area contributed by atoms with E-state index < -0.39 is 5.82 Å². The first kappa shape index (κ1) is 15.4. The van der Waals surface area contributed by atoms with Gasteiger partial charge in [0.25, 0.3) is 0 Å². The average molecular weight is 345 g/mol. The van der Waals surface area contributed by atoms with Gasteiger partial charge in [0.15, 0.2) is 0 Å². The topological polar surface area (TPSA) is 52.6 Å². The Kier molecular flexibility index (Phi) is 5.51. The lowest BCUT2D eigenvalue weighted by Gasteiger charge is -2.29. The number of carbonyl (C=O) groups excluding carboxylic acids is 1. The van der Waals surface area contributed by atoms with Crippen LogP contribution in [-0.4, -0.2) is 41.7 Å². The Labute approximate surface area is 126 Å². The third kappa shape index (κ3) is 4.54. The van der Waals surface area contributed by atoms with Crippen molar-refractivity contribution in [2.75, 3.05) is 25.0 Å². The van der Waals surface area contributed by atoms with Gasteiger partial charge in [-0.15, -0.1) is 0 Å². The van der Waals surface area contributed by atoms with Crippen LogP contribution in [0.25, 0.3) is 0 Å². The van der Waals surface area contributed by atoms with Gasteiger partial charge in [0.2, 0.25) is 5.91 Å². The summed E-state index contributed by atoms with van der Waals surface area (Å²) in [5.41, 5.74) is 0.201. The molecule has 2 rings (SSSR count). The van der Waals surface area contributed by atoms with Crippen molar-refractivity contribution in [3.63, 3.8) is 0 Å². The highest BCUT2D eigenvalue weighted by Gasteiger charge is 2.17. The molecule has 1 amide bonds. The minimum absolute atomic E-state index is 0.197. The zero-order chi connectivity index (χ0) is 14.5. The molecule has 6 heteroatoms. The van der Waals surface area contributed by atoms with Crippen molar-refractivity contribution in [2.45, 2.75) is 25.4 Å². The van der Waals surface area contributed by atoms with E-state index in [0.717, 1.165) is 25.9 Å². The van der Waals surface area contributed by atoms with Crippen LogP contribution in [-0.2, 0) is 4.79 Å². The second-order valence-electron chi connectivity index (χ2n) is 5.00. The van der Waals surface area contributed by atoms with Crippen molar-refractivity contribution >= 4 is 27.5 Å². The van der Waals surface area contributed by atoms with E-state index in [0.29, 0.717) is 17.4 Å². The Hall–Kier alpha value is -0.980. The molecule has 1 heterocycles. The zero-order valence-electron chi connectivity index (χ0n) is 11.1. The van der Waals surface area contributed by atoms with Crippen molar-refractivity contribution in [1.29, 1.82) is 0 Å². The average Bonchev–Trinajstić information content (AvgIpc) is 2.41. The highest BCUT2D eigenvalue weighted by molar-refractivity contribution is 9.10. The number of nitrogens with zero attached hydrogens (tertiary/aromatic N) is 1. The first-order valence-electron chi connectivity index (χ1n) is 6.70. The van der Waals surface area contributed by atoms with Crippen LogP contribution in [0.3, 0.4) is 0 Å². The van der Waals surface area contributed by atoms with Gasteiger partial charge in [-0.25, -0.2) is 4.39 Å². The van der Waals surface area contributed by atoms with Gasteiger partial charge in [0.05, 0.1) is 11.8 Å². The maximum absolute atomic E-state index is 13.6. The number of aliphatic hydroxyl groups excluding tert-OH is 1. The molecule has 1 fully saturated rings. The molecule has 1 aromatic rings. The van der Waals surface area contributed by atoms with E-state index in [-0.39, 0.29) is 17.7 Å².